The van der Waals surface area contributed by atoms with Gasteiger partial charge in [-0.3, -0.25) is 9.38 Å². The number of para-hydroxylation sites is 1. The van der Waals surface area contributed by atoms with E-state index < -0.39 is 0 Å². The van der Waals surface area contributed by atoms with Gasteiger partial charge in [0.15, 0.2) is 0 Å². The molecule has 0 atom stereocenters. The highest BCUT2D eigenvalue weighted by atomic mass is 16.5. The van der Waals surface area contributed by atoms with Crippen molar-refractivity contribution in [1.82, 2.24) is 14.4 Å². The lowest BCUT2D eigenvalue weighted by Gasteiger charge is -2.19. The number of pyridine rings is 2. The van der Waals surface area contributed by atoms with Crippen LogP contribution in [0.3, 0.4) is 0 Å². The van der Waals surface area contributed by atoms with Crippen LogP contribution in [0.15, 0.2) is 97.5 Å². The third-order valence-electron chi connectivity index (χ3n) is 6.32. The Hall–Kier alpha value is -4.18. The zero-order valence-corrected chi connectivity index (χ0v) is 19.5. The summed E-state index contributed by atoms with van der Waals surface area (Å²) in [4.78, 5) is 9.23. The topological polar surface area (TPSA) is 39.4 Å². The van der Waals surface area contributed by atoms with E-state index in [-0.39, 0.29) is 5.41 Å². The Morgan fingerprint density at radius 1 is 0.706 bits per heavy atom. The molecule has 6 aromatic rings. The quantitative estimate of drug-likeness (QED) is 0.262. The average Bonchev–Trinajstić information content (AvgIpc) is 3.35. The zero-order valence-electron chi connectivity index (χ0n) is 19.5. The third kappa shape index (κ3) is 3.48. The van der Waals surface area contributed by atoms with E-state index in [0.717, 1.165) is 39.3 Å². The van der Waals surface area contributed by atoms with Gasteiger partial charge >= 0.3 is 0 Å². The number of benzene rings is 3. The number of imidazole rings is 1. The molecule has 4 nitrogen and oxygen atoms in total. The number of fused-ring (bicyclic) bond motifs is 6. The SMILES string of the molecule is CC(C)(C)c1ccnc(-c2cccc(Oc3ccc4c5ccccc5n5ccnc5c4c3)c2)c1. The largest absolute Gasteiger partial charge is 0.457 e. The minimum Gasteiger partial charge on any atom is -0.457 e. The molecule has 0 N–H and O–H groups in total. The second kappa shape index (κ2) is 7.70. The molecule has 3 aromatic heterocycles. The highest BCUT2D eigenvalue weighted by Gasteiger charge is 2.15. The Morgan fingerprint density at radius 2 is 1.56 bits per heavy atom. The smallest absolute Gasteiger partial charge is 0.145 e. The number of hydrogen-bond donors (Lipinski definition) is 0. The van der Waals surface area contributed by atoms with E-state index in [1.54, 1.807) is 0 Å². The molecule has 0 spiro atoms. The van der Waals surface area contributed by atoms with Crippen LogP contribution in [0.5, 0.6) is 11.5 Å². The fourth-order valence-corrected chi connectivity index (χ4v) is 4.53. The summed E-state index contributed by atoms with van der Waals surface area (Å²) < 4.78 is 8.45. The van der Waals surface area contributed by atoms with Crippen LogP contribution in [-0.2, 0) is 5.41 Å². The highest BCUT2D eigenvalue weighted by Crippen LogP contribution is 2.34. The monoisotopic (exact) mass is 443 g/mol. The van der Waals surface area contributed by atoms with E-state index in [4.69, 9.17) is 4.74 Å². The number of rotatable bonds is 3. The summed E-state index contributed by atoms with van der Waals surface area (Å²) in [5.41, 5.74) is 5.38. The third-order valence-corrected chi connectivity index (χ3v) is 6.32. The predicted molar refractivity (Wildman–Crippen MR) is 139 cm³/mol. The van der Waals surface area contributed by atoms with Gasteiger partial charge in [-0.25, -0.2) is 4.98 Å². The first-order chi connectivity index (χ1) is 16.5. The molecule has 0 bridgehead atoms. The second-order valence-corrected chi connectivity index (χ2v) is 9.66. The molecule has 0 radical (unpaired) electrons. The van der Waals surface area contributed by atoms with Gasteiger partial charge < -0.3 is 4.74 Å². The number of nitrogens with zero attached hydrogens (tertiary/aromatic N) is 3. The normalized spacial score (nSPS) is 12.0. The van der Waals surface area contributed by atoms with Crippen LogP contribution >= 0.6 is 0 Å². The Balaban J connectivity index is 1.40. The molecule has 3 heterocycles. The van der Waals surface area contributed by atoms with Crippen molar-refractivity contribution in [2.45, 2.75) is 26.2 Å². The molecule has 3 aromatic carbocycles. The van der Waals surface area contributed by atoms with E-state index >= 15 is 0 Å². The Bertz CT molecular complexity index is 1670. The zero-order chi connectivity index (χ0) is 23.3. The van der Waals surface area contributed by atoms with Crippen molar-refractivity contribution in [2.75, 3.05) is 0 Å². The van der Waals surface area contributed by atoms with Gasteiger partial charge in [-0.1, -0.05) is 51.1 Å². The Morgan fingerprint density at radius 3 is 2.44 bits per heavy atom. The predicted octanol–water partition coefficient (Wildman–Crippen LogP) is 7.79. The molecule has 0 aliphatic heterocycles. The van der Waals surface area contributed by atoms with Gasteiger partial charge in [0.25, 0.3) is 0 Å². The molecule has 0 saturated carbocycles. The summed E-state index contributed by atoms with van der Waals surface area (Å²) in [7, 11) is 0. The molecule has 0 unspecified atom stereocenters. The lowest BCUT2D eigenvalue weighted by molar-refractivity contribution is 0.483. The van der Waals surface area contributed by atoms with Gasteiger partial charge in [-0.05, 0) is 64.9 Å². The first-order valence-electron chi connectivity index (χ1n) is 11.5. The molecule has 0 fully saturated rings. The van der Waals surface area contributed by atoms with Crippen molar-refractivity contribution >= 4 is 27.3 Å². The van der Waals surface area contributed by atoms with Gasteiger partial charge in [-0.15, -0.1) is 0 Å². The van der Waals surface area contributed by atoms with Crippen molar-refractivity contribution in [2.24, 2.45) is 0 Å². The molecule has 34 heavy (non-hydrogen) atoms. The Labute approximate surface area is 198 Å². The highest BCUT2D eigenvalue weighted by molar-refractivity contribution is 6.12. The summed E-state index contributed by atoms with van der Waals surface area (Å²) in [6.07, 6.45) is 5.73. The molecule has 0 aliphatic carbocycles. The molecular weight excluding hydrogens is 418 g/mol. The lowest BCUT2D eigenvalue weighted by atomic mass is 9.87. The number of aromatic nitrogens is 3. The standard InChI is InChI=1S/C30H25N3O/c1-30(2,3)21-13-14-31-27(18-21)20-7-6-8-22(17-20)34-23-11-12-24-25-9-4-5-10-28(25)33-16-15-32-29(33)26(24)19-23/h4-19H,1-3H3. The summed E-state index contributed by atoms with van der Waals surface area (Å²) in [5.74, 6) is 1.56. The molecule has 0 amide bonds. The molecule has 6 rings (SSSR count). The van der Waals surface area contributed by atoms with E-state index in [2.05, 4.69) is 89.7 Å². The number of ether oxygens (including phenoxy) is 1. The first-order valence-corrected chi connectivity index (χ1v) is 11.5. The van der Waals surface area contributed by atoms with Gasteiger partial charge in [-0.2, -0.15) is 0 Å². The Kier molecular flexibility index (Phi) is 4.63. The average molecular weight is 444 g/mol. The molecule has 166 valence electrons. The minimum absolute atomic E-state index is 0.0687. The fraction of sp³-hybridized carbons (Fsp3) is 0.133. The number of hydrogen-bond acceptors (Lipinski definition) is 3. The van der Waals surface area contributed by atoms with Crippen molar-refractivity contribution in [3.63, 3.8) is 0 Å². The van der Waals surface area contributed by atoms with E-state index in [1.807, 2.05) is 42.9 Å². The molecular formula is C30H25N3O. The van der Waals surface area contributed by atoms with Crippen LogP contribution in [0.1, 0.15) is 26.3 Å². The summed E-state index contributed by atoms with van der Waals surface area (Å²) >= 11 is 0. The first kappa shape index (κ1) is 20.4. The van der Waals surface area contributed by atoms with Crippen LogP contribution in [0, 0.1) is 0 Å². The van der Waals surface area contributed by atoms with Gasteiger partial charge in [0.2, 0.25) is 0 Å². The lowest BCUT2D eigenvalue weighted by Crippen LogP contribution is -2.11. The fourth-order valence-electron chi connectivity index (χ4n) is 4.53. The van der Waals surface area contributed by atoms with Crippen LogP contribution in [0.4, 0.5) is 0 Å². The minimum atomic E-state index is 0.0687. The molecule has 0 saturated heterocycles. The van der Waals surface area contributed by atoms with E-state index in [1.165, 1.54) is 16.3 Å². The summed E-state index contributed by atoms with van der Waals surface area (Å²) in [6, 6.07) is 27.0. The van der Waals surface area contributed by atoms with Crippen molar-refractivity contribution in [3.8, 4) is 22.8 Å². The van der Waals surface area contributed by atoms with Crippen LogP contribution in [0.25, 0.3) is 38.6 Å². The maximum atomic E-state index is 6.32. The second-order valence-electron chi connectivity index (χ2n) is 9.66. The summed E-state index contributed by atoms with van der Waals surface area (Å²) in [6.45, 7) is 6.64. The van der Waals surface area contributed by atoms with E-state index in [0.29, 0.717) is 0 Å². The van der Waals surface area contributed by atoms with Gasteiger partial charge in [0, 0.05) is 34.9 Å². The summed E-state index contributed by atoms with van der Waals surface area (Å²) in [5, 5.41) is 3.43. The van der Waals surface area contributed by atoms with Crippen molar-refractivity contribution < 1.29 is 4.74 Å². The van der Waals surface area contributed by atoms with Crippen LogP contribution < -0.4 is 4.74 Å². The maximum absolute atomic E-state index is 6.32. The maximum Gasteiger partial charge on any atom is 0.145 e. The van der Waals surface area contributed by atoms with Crippen molar-refractivity contribution in [1.29, 1.82) is 0 Å². The van der Waals surface area contributed by atoms with Crippen LogP contribution in [-0.4, -0.2) is 14.4 Å². The van der Waals surface area contributed by atoms with Gasteiger partial charge in [0.05, 0.1) is 11.2 Å². The van der Waals surface area contributed by atoms with Crippen LogP contribution in [0.2, 0.25) is 0 Å². The molecule has 4 heteroatoms. The van der Waals surface area contributed by atoms with Gasteiger partial charge in [0.1, 0.15) is 17.1 Å². The van der Waals surface area contributed by atoms with E-state index in [9.17, 15) is 0 Å². The van der Waals surface area contributed by atoms with Crippen molar-refractivity contribution in [3.05, 3.63) is 103 Å². The molecule has 0 aliphatic rings.